The molecule has 0 unspecified atom stereocenters. The van der Waals surface area contributed by atoms with Crippen LogP contribution < -0.4 is 20.5 Å². The molecule has 0 atom stereocenters. The molecule has 0 amide bonds. The maximum Gasteiger partial charge on any atom is 0.433 e. The number of halogens is 5. The summed E-state index contributed by atoms with van der Waals surface area (Å²) < 4.78 is 78.7. The fraction of sp³-hybridized carbons (Fsp3) is 0.211. The molecule has 1 aromatic carbocycles. The van der Waals surface area contributed by atoms with Gasteiger partial charge in [0.05, 0.1) is 0 Å². The van der Waals surface area contributed by atoms with Crippen LogP contribution in [0.3, 0.4) is 0 Å². The maximum absolute atomic E-state index is 14.4. The van der Waals surface area contributed by atoms with Crippen molar-refractivity contribution >= 4 is 5.82 Å². The second-order valence-corrected chi connectivity index (χ2v) is 6.49. The average molecular weight is 440 g/mol. The molecule has 3 heterocycles. The molecule has 0 bridgehead atoms. The summed E-state index contributed by atoms with van der Waals surface area (Å²) >= 11 is 0. The number of pyridine rings is 1. The lowest BCUT2D eigenvalue weighted by Crippen LogP contribution is -2.21. The smallest absolute Gasteiger partial charge is 0.433 e. The molecule has 0 spiro atoms. The van der Waals surface area contributed by atoms with Gasteiger partial charge in [0, 0.05) is 31.4 Å². The number of nitrogens with one attached hydrogen (secondary N) is 1. The third-order valence-corrected chi connectivity index (χ3v) is 4.32. The van der Waals surface area contributed by atoms with E-state index in [2.05, 4.69) is 15.3 Å². The number of alkyl halides is 3. The first-order valence-corrected chi connectivity index (χ1v) is 8.88. The molecule has 0 radical (unpaired) electrons. The molecule has 7 nitrogen and oxygen atoms in total. The predicted molar refractivity (Wildman–Crippen MR) is 97.0 cm³/mol. The van der Waals surface area contributed by atoms with Crippen molar-refractivity contribution in [3.63, 3.8) is 0 Å². The average Bonchev–Trinajstić information content (AvgIpc) is 3.18. The van der Waals surface area contributed by atoms with Crippen LogP contribution in [0.1, 0.15) is 11.3 Å². The van der Waals surface area contributed by atoms with Crippen LogP contribution in [0.2, 0.25) is 0 Å². The number of rotatable bonds is 5. The van der Waals surface area contributed by atoms with Crippen LogP contribution >= 0.6 is 0 Å². The fourth-order valence-corrected chi connectivity index (χ4v) is 2.92. The van der Waals surface area contributed by atoms with Gasteiger partial charge in [0.15, 0.2) is 17.4 Å². The highest BCUT2D eigenvalue weighted by Gasteiger charge is 2.33. The Morgan fingerprint density at radius 2 is 1.87 bits per heavy atom. The van der Waals surface area contributed by atoms with E-state index in [1.165, 1.54) is 10.6 Å². The number of ether oxygens (including phenoxy) is 2. The molecule has 1 aliphatic rings. The van der Waals surface area contributed by atoms with Crippen LogP contribution in [0.15, 0.2) is 41.3 Å². The molecule has 162 valence electrons. The Balaban J connectivity index is 1.50. The highest BCUT2D eigenvalue weighted by Crippen LogP contribution is 2.33. The lowest BCUT2D eigenvalue weighted by molar-refractivity contribution is -0.141. The minimum Gasteiger partial charge on any atom is -0.473 e. The Labute approximate surface area is 171 Å². The van der Waals surface area contributed by atoms with Crippen molar-refractivity contribution in [2.45, 2.75) is 19.3 Å². The van der Waals surface area contributed by atoms with E-state index < -0.39 is 40.7 Å². The van der Waals surface area contributed by atoms with Gasteiger partial charge in [0.25, 0.3) is 0 Å². The Morgan fingerprint density at radius 1 is 1.13 bits per heavy atom. The highest BCUT2D eigenvalue weighted by molar-refractivity contribution is 5.41. The molecular weight excluding hydrogens is 427 g/mol. The van der Waals surface area contributed by atoms with Crippen molar-refractivity contribution in [1.29, 1.82) is 0 Å². The first-order chi connectivity index (χ1) is 14.7. The third kappa shape index (κ3) is 4.42. The zero-order valence-corrected chi connectivity index (χ0v) is 15.5. The van der Waals surface area contributed by atoms with Gasteiger partial charge >= 0.3 is 11.9 Å². The Kier molecular flexibility index (Phi) is 5.21. The molecule has 4 rings (SSSR count). The minimum absolute atomic E-state index is 0.0248. The lowest BCUT2D eigenvalue weighted by Gasteiger charge is -2.12. The van der Waals surface area contributed by atoms with Crippen molar-refractivity contribution in [3.8, 4) is 17.4 Å². The quantitative estimate of drug-likeness (QED) is 0.610. The minimum atomic E-state index is -4.73. The molecule has 0 fully saturated rings. The molecule has 31 heavy (non-hydrogen) atoms. The van der Waals surface area contributed by atoms with Gasteiger partial charge in [0.2, 0.25) is 5.88 Å². The summed E-state index contributed by atoms with van der Waals surface area (Å²) in [5.41, 5.74) is -1.72. The first-order valence-electron chi connectivity index (χ1n) is 8.88. The Hall–Kier alpha value is -3.70. The molecule has 1 aliphatic heterocycles. The summed E-state index contributed by atoms with van der Waals surface area (Å²) in [6.45, 7) is 0.735. The lowest BCUT2D eigenvalue weighted by atomic mass is 10.2. The Bertz CT molecular complexity index is 1170. The van der Waals surface area contributed by atoms with E-state index in [1.807, 2.05) is 0 Å². The van der Waals surface area contributed by atoms with E-state index >= 15 is 0 Å². The van der Waals surface area contributed by atoms with Crippen molar-refractivity contribution in [2.75, 3.05) is 11.9 Å². The van der Waals surface area contributed by atoms with Gasteiger partial charge in [-0.2, -0.15) is 18.2 Å². The second-order valence-electron chi connectivity index (χ2n) is 6.49. The molecule has 2 aromatic heterocycles. The van der Waals surface area contributed by atoms with Crippen LogP contribution in [0.5, 0.6) is 17.4 Å². The van der Waals surface area contributed by atoms with Gasteiger partial charge in [0.1, 0.15) is 23.9 Å². The summed E-state index contributed by atoms with van der Waals surface area (Å²) in [5, 5.41) is 2.97. The van der Waals surface area contributed by atoms with Gasteiger partial charge in [-0.25, -0.2) is 13.6 Å². The van der Waals surface area contributed by atoms with Gasteiger partial charge in [-0.1, -0.05) is 0 Å². The zero-order valence-electron chi connectivity index (χ0n) is 15.5. The van der Waals surface area contributed by atoms with Crippen LogP contribution in [0.25, 0.3) is 0 Å². The van der Waals surface area contributed by atoms with Gasteiger partial charge in [-0.3, -0.25) is 9.55 Å². The number of anilines is 1. The molecular formula is C19H13F5N4O3. The van der Waals surface area contributed by atoms with Crippen LogP contribution in [0, 0.1) is 11.6 Å². The maximum atomic E-state index is 14.4. The summed E-state index contributed by atoms with van der Waals surface area (Å²) in [6.07, 6.45) is -3.92. The number of fused-ring (bicyclic) bond motifs is 1. The number of aromatic nitrogens is 3. The molecule has 12 heteroatoms. The van der Waals surface area contributed by atoms with Gasteiger partial charge in [-0.05, 0) is 23.8 Å². The summed E-state index contributed by atoms with van der Waals surface area (Å²) in [5.74, 6) is -3.10. The summed E-state index contributed by atoms with van der Waals surface area (Å²) in [4.78, 5) is 18.8. The summed E-state index contributed by atoms with van der Waals surface area (Å²) in [6, 6.07) is 4.87. The molecule has 0 saturated heterocycles. The van der Waals surface area contributed by atoms with E-state index in [1.54, 1.807) is 0 Å². The fourth-order valence-electron chi connectivity index (χ4n) is 2.92. The van der Waals surface area contributed by atoms with Crippen LogP contribution in [0.4, 0.5) is 27.8 Å². The van der Waals surface area contributed by atoms with E-state index in [0.29, 0.717) is 25.0 Å². The number of nitrogens with zero attached hydrogens (tertiary/aromatic N) is 3. The molecule has 0 saturated carbocycles. The molecule has 1 N–H and O–H groups in total. The largest absolute Gasteiger partial charge is 0.473 e. The normalized spacial score (nSPS) is 12.9. The van der Waals surface area contributed by atoms with E-state index in [0.717, 1.165) is 24.4 Å². The monoisotopic (exact) mass is 440 g/mol. The van der Waals surface area contributed by atoms with Crippen LogP contribution in [-0.4, -0.2) is 21.1 Å². The Morgan fingerprint density at radius 3 is 2.58 bits per heavy atom. The zero-order chi connectivity index (χ0) is 22.2. The van der Waals surface area contributed by atoms with E-state index in [9.17, 15) is 26.7 Å². The van der Waals surface area contributed by atoms with Gasteiger partial charge in [-0.15, -0.1) is 0 Å². The van der Waals surface area contributed by atoms with Crippen molar-refractivity contribution in [2.24, 2.45) is 0 Å². The summed E-state index contributed by atoms with van der Waals surface area (Å²) in [7, 11) is 0. The highest BCUT2D eigenvalue weighted by atomic mass is 19.4. The first kappa shape index (κ1) is 20.6. The van der Waals surface area contributed by atoms with Crippen molar-refractivity contribution < 1.29 is 31.4 Å². The number of hydrogen-bond acceptors (Lipinski definition) is 6. The standard InChI is InChI=1S/C19H13F5N4O3/c20-12-5-10(9-30-16-8-15-26-3-4-28(15)18(29)27-16)6-13(21)17(12)31-11-1-2-25-14(7-11)19(22,23)24/h1-2,5-8,26H,3-4,9H2. The number of hydrogen-bond donors (Lipinski definition) is 1. The second kappa shape index (κ2) is 7.85. The SMILES string of the molecule is O=c1nc(OCc2cc(F)c(Oc3ccnc(C(F)(F)F)c3)c(F)c2)cc2n1CCN2. The predicted octanol–water partition coefficient (Wildman–Crippen LogP) is 3.73. The van der Waals surface area contributed by atoms with Crippen molar-refractivity contribution in [1.82, 2.24) is 14.5 Å². The van der Waals surface area contributed by atoms with E-state index in [4.69, 9.17) is 9.47 Å². The third-order valence-electron chi connectivity index (χ3n) is 4.32. The van der Waals surface area contributed by atoms with Crippen LogP contribution in [-0.2, 0) is 19.3 Å². The topological polar surface area (TPSA) is 78.3 Å². The molecule has 0 aliphatic carbocycles. The van der Waals surface area contributed by atoms with E-state index in [-0.39, 0.29) is 18.1 Å². The van der Waals surface area contributed by atoms with Gasteiger partial charge < -0.3 is 14.8 Å². The molecule has 3 aromatic rings. The number of benzene rings is 1. The van der Waals surface area contributed by atoms with Crippen molar-refractivity contribution in [3.05, 3.63) is 69.9 Å².